The third-order valence-corrected chi connectivity index (χ3v) is 7.20. The van der Waals surface area contributed by atoms with Gasteiger partial charge < -0.3 is 14.4 Å². The Morgan fingerprint density at radius 3 is 2.68 bits per heavy atom. The second-order valence-corrected chi connectivity index (χ2v) is 10.4. The van der Waals surface area contributed by atoms with Gasteiger partial charge in [0.05, 0.1) is 17.1 Å². The molecule has 0 bridgehead atoms. The van der Waals surface area contributed by atoms with E-state index in [1.54, 1.807) is 6.08 Å². The van der Waals surface area contributed by atoms with Gasteiger partial charge in [0.15, 0.2) is 0 Å². The summed E-state index contributed by atoms with van der Waals surface area (Å²) in [6, 6.07) is 19.8. The van der Waals surface area contributed by atoms with Gasteiger partial charge in [-0.3, -0.25) is 14.9 Å². The topological polar surface area (TPSA) is 70.5 Å². The minimum Gasteiger partial charge on any atom is -0.337 e. The molecule has 1 atom stereocenters. The number of likely N-dealkylation sites (N-methyl/N-ethyl adjacent to an activating group) is 1. The van der Waals surface area contributed by atoms with Crippen LogP contribution in [0.15, 0.2) is 72.8 Å². The van der Waals surface area contributed by atoms with Gasteiger partial charge in [-0.15, -0.1) is 0 Å². The van der Waals surface area contributed by atoms with Gasteiger partial charge in [0, 0.05) is 31.3 Å². The Bertz CT molecular complexity index is 1500. The number of carbonyl (C=O) groups is 2. The van der Waals surface area contributed by atoms with Gasteiger partial charge in [-0.05, 0) is 74.8 Å². The Labute approximate surface area is 223 Å². The SMILES string of the molecule is Cc1cccc2nc(NC(=O)c3ccc4ccccc4c3)n(C3CCCCN(C(=O)/C=C/CN(C)C)C3)c12. The number of rotatable bonds is 6. The van der Waals surface area contributed by atoms with Crippen molar-refractivity contribution in [3.63, 3.8) is 0 Å². The third-order valence-electron chi connectivity index (χ3n) is 7.20. The molecular formula is C31H35N5O2. The average Bonchev–Trinajstić information content (AvgIpc) is 3.10. The molecule has 1 aliphatic heterocycles. The number of aromatic nitrogens is 2. The predicted octanol–water partition coefficient (Wildman–Crippen LogP) is 5.42. The summed E-state index contributed by atoms with van der Waals surface area (Å²) in [5.41, 5.74) is 3.52. The third kappa shape index (κ3) is 5.48. The van der Waals surface area contributed by atoms with Gasteiger partial charge in [-0.25, -0.2) is 4.98 Å². The number of anilines is 1. The Morgan fingerprint density at radius 2 is 1.87 bits per heavy atom. The average molecular weight is 510 g/mol. The van der Waals surface area contributed by atoms with E-state index in [4.69, 9.17) is 4.98 Å². The zero-order chi connectivity index (χ0) is 26.6. The fourth-order valence-electron chi connectivity index (χ4n) is 5.27. The first-order valence-corrected chi connectivity index (χ1v) is 13.3. The second kappa shape index (κ2) is 11.2. The van der Waals surface area contributed by atoms with E-state index in [1.165, 1.54) is 0 Å². The highest BCUT2D eigenvalue weighted by molar-refractivity contribution is 6.06. The van der Waals surface area contributed by atoms with Crippen molar-refractivity contribution in [3.8, 4) is 0 Å². The predicted molar refractivity (Wildman–Crippen MR) is 154 cm³/mol. The maximum atomic E-state index is 13.4. The molecule has 1 unspecified atom stereocenters. The normalized spacial score (nSPS) is 16.4. The van der Waals surface area contributed by atoms with Crippen LogP contribution in [0.5, 0.6) is 0 Å². The molecule has 1 aliphatic rings. The molecular weight excluding hydrogens is 474 g/mol. The maximum absolute atomic E-state index is 13.4. The molecule has 38 heavy (non-hydrogen) atoms. The number of aryl methyl sites for hydroxylation is 1. The van der Waals surface area contributed by atoms with Crippen LogP contribution < -0.4 is 5.32 Å². The Morgan fingerprint density at radius 1 is 1.05 bits per heavy atom. The van der Waals surface area contributed by atoms with Gasteiger partial charge in [0.1, 0.15) is 0 Å². The van der Waals surface area contributed by atoms with Crippen LogP contribution >= 0.6 is 0 Å². The van der Waals surface area contributed by atoms with Crippen LogP contribution in [0, 0.1) is 6.92 Å². The summed E-state index contributed by atoms with van der Waals surface area (Å²) in [5.74, 6) is 0.356. The number of para-hydroxylation sites is 1. The van der Waals surface area contributed by atoms with Crippen molar-refractivity contribution in [3.05, 3.63) is 83.9 Å². The number of amides is 2. The molecule has 0 saturated carbocycles. The first-order valence-electron chi connectivity index (χ1n) is 13.3. The highest BCUT2D eigenvalue weighted by Crippen LogP contribution is 2.32. The number of hydrogen-bond acceptors (Lipinski definition) is 4. The highest BCUT2D eigenvalue weighted by Gasteiger charge is 2.27. The van der Waals surface area contributed by atoms with Crippen molar-refractivity contribution in [2.24, 2.45) is 0 Å². The van der Waals surface area contributed by atoms with Gasteiger partial charge in [0.2, 0.25) is 11.9 Å². The van der Waals surface area contributed by atoms with E-state index in [0.29, 0.717) is 18.1 Å². The van der Waals surface area contributed by atoms with Crippen LogP contribution in [0.25, 0.3) is 21.8 Å². The fourth-order valence-corrected chi connectivity index (χ4v) is 5.27. The molecule has 0 radical (unpaired) electrons. The van der Waals surface area contributed by atoms with Crippen molar-refractivity contribution in [2.75, 3.05) is 39.0 Å². The van der Waals surface area contributed by atoms with Crippen molar-refractivity contribution in [1.29, 1.82) is 0 Å². The second-order valence-electron chi connectivity index (χ2n) is 10.4. The number of benzene rings is 3. The van der Waals surface area contributed by atoms with Gasteiger partial charge in [-0.2, -0.15) is 0 Å². The number of hydrogen-bond donors (Lipinski definition) is 1. The zero-order valence-electron chi connectivity index (χ0n) is 22.4. The lowest BCUT2D eigenvalue weighted by Crippen LogP contribution is -2.35. The van der Waals surface area contributed by atoms with Crippen molar-refractivity contribution >= 4 is 39.6 Å². The molecule has 7 nitrogen and oxygen atoms in total. The van der Waals surface area contributed by atoms with Crippen LogP contribution in [-0.2, 0) is 4.79 Å². The first-order chi connectivity index (χ1) is 18.4. The number of carbonyl (C=O) groups excluding carboxylic acids is 2. The number of likely N-dealkylation sites (tertiary alicyclic amines) is 1. The van der Waals surface area contributed by atoms with Crippen LogP contribution in [0.4, 0.5) is 5.95 Å². The summed E-state index contributed by atoms with van der Waals surface area (Å²) >= 11 is 0. The molecule has 1 aromatic heterocycles. The van der Waals surface area contributed by atoms with Crippen LogP contribution in [0.1, 0.15) is 41.2 Å². The van der Waals surface area contributed by atoms with E-state index < -0.39 is 0 Å². The number of nitrogens with one attached hydrogen (secondary N) is 1. The minimum atomic E-state index is -0.196. The monoisotopic (exact) mass is 509 g/mol. The van der Waals surface area contributed by atoms with E-state index in [9.17, 15) is 9.59 Å². The van der Waals surface area contributed by atoms with Gasteiger partial charge in [-0.1, -0.05) is 48.5 Å². The molecule has 1 saturated heterocycles. The lowest BCUT2D eigenvalue weighted by atomic mass is 10.1. The van der Waals surface area contributed by atoms with E-state index in [-0.39, 0.29) is 17.9 Å². The fraction of sp³-hybridized carbons (Fsp3) is 0.323. The molecule has 1 fully saturated rings. The molecule has 1 N–H and O–H groups in total. The number of fused-ring (bicyclic) bond motifs is 2. The standard InChI is InChI=1S/C31H35N5O2/c1-22-10-8-14-27-29(22)36(26-13-6-7-19-35(21-26)28(37)15-9-18-34(2)3)31(32-27)33-30(38)25-17-16-23-11-4-5-12-24(23)20-25/h4-5,8-12,14-17,20,26H,6-7,13,18-19,21H2,1-3H3,(H,32,33,38)/b15-9+. The molecule has 0 spiro atoms. The first kappa shape index (κ1) is 25.7. The van der Waals surface area contributed by atoms with Crippen LogP contribution in [-0.4, -0.2) is 64.9 Å². The van der Waals surface area contributed by atoms with Crippen LogP contribution in [0.2, 0.25) is 0 Å². The summed E-state index contributed by atoms with van der Waals surface area (Å²) in [6.07, 6.45) is 6.45. The molecule has 3 aromatic carbocycles. The van der Waals surface area contributed by atoms with Crippen molar-refractivity contribution in [1.82, 2.24) is 19.4 Å². The zero-order valence-corrected chi connectivity index (χ0v) is 22.4. The van der Waals surface area contributed by atoms with E-state index in [1.807, 2.05) is 84.6 Å². The number of nitrogens with zero attached hydrogens (tertiary/aromatic N) is 4. The summed E-state index contributed by atoms with van der Waals surface area (Å²) in [4.78, 5) is 35.3. The Kier molecular flexibility index (Phi) is 7.56. The molecule has 7 heteroatoms. The summed E-state index contributed by atoms with van der Waals surface area (Å²) in [5, 5.41) is 5.22. The van der Waals surface area contributed by atoms with Crippen molar-refractivity contribution in [2.45, 2.75) is 32.2 Å². The summed E-state index contributed by atoms with van der Waals surface area (Å²) < 4.78 is 2.15. The maximum Gasteiger partial charge on any atom is 0.257 e. The molecule has 2 heterocycles. The van der Waals surface area contributed by atoms with Gasteiger partial charge in [0.25, 0.3) is 5.91 Å². The van der Waals surface area contributed by atoms with Gasteiger partial charge >= 0.3 is 0 Å². The summed E-state index contributed by atoms with van der Waals surface area (Å²) in [6.45, 7) is 4.09. The molecule has 0 aliphatic carbocycles. The largest absolute Gasteiger partial charge is 0.337 e. The van der Waals surface area contributed by atoms with E-state index >= 15 is 0 Å². The van der Waals surface area contributed by atoms with Crippen LogP contribution in [0.3, 0.4) is 0 Å². The molecule has 5 rings (SSSR count). The quantitative estimate of drug-likeness (QED) is 0.352. The highest BCUT2D eigenvalue weighted by atomic mass is 16.2. The lowest BCUT2D eigenvalue weighted by molar-refractivity contribution is -0.126. The molecule has 196 valence electrons. The van der Waals surface area contributed by atoms with Crippen molar-refractivity contribution < 1.29 is 9.59 Å². The van der Waals surface area contributed by atoms with E-state index in [0.717, 1.165) is 59.7 Å². The van der Waals surface area contributed by atoms with E-state index in [2.05, 4.69) is 22.9 Å². The molecule has 2 amide bonds. The Balaban J connectivity index is 1.48. The Hall–Kier alpha value is -3.97. The lowest BCUT2D eigenvalue weighted by Gasteiger charge is -2.26. The molecule has 4 aromatic rings. The summed E-state index contributed by atoms with van der Waals surface area (Å²) in [7, 11) is 3.97. The smallest absolute Gasteiger partial charge is 0.257 e. The number of imidazole rings is 1. The minimum absolute atomic E-state index is 0.00158.